The van der Waals surface area contributed by atoms with Crippen LogP contribution in [0.2, 0.25) is 5.02 Å². The Morgan fingerprint density at radius 1 is 0.966 bits per heavy atom. The fourth-order valence-electron chi connectivity index (χ4n) is 7.51. The number of hydrogen-bond donors (Lipinski definition) is 8. The number of ether oxygens (including phenoxy) is 1. The summed E-state index contributed by atoms with van der Waals surface area (Å²) in [5.74, 6) is 1.33. The van der Waals surface area contributed by atoms with Crippen molar-refractivity contribution in [3.8, 4) is 16.9 Å². The van der Waals surface area contributed by atoms with Crippen LogP contribution in [0.4, 0.5) is 4.79 Å². The van der Waals surface area contributed by atoms with Crippen molar-refractivity contribution in [2.45, 2.75) is 100 Å². The molecule has 58 heavy (non-hydrogen) atoms. The number of rotatable bonds is 21. The molecule has 8 N–H and O–H groups in total. The maximum absolute atomic E-state index is 13.1. The van der Waals surface area contributed by atoms with Crippen LogP contribution in [-0.4, -0.2) is 135 Å². The van der Waals surface area contributed by atoms with Gasteiger partial charge in [-0.2, -0.15) is 0 Å². The number of pyridine rings is 1. The quantitative estimate of drug-likeness (QED) is 0.0787. The van der Waals surface area contributed by atoms with Crippen molar-refractivity contribution in [1.82, 2.24) is 30.7 Å². The Hall–Kier alpha value is -3.86. The average molecular weight is 823 g/mol. The average Bonchev–Trinajstić information content (AvgIpc) is 4.20. The van der Waals surface area contributed by atoms with Gasteiger partial charge in [-0.1, -0.05) is 48.9 Å². The molecule has 2 saturated carbocycles. The number of para-hydroxylation sites is 1. The Kier molecular flexibility index (Phi) is 15.4. The second kappa shape index (κ2) is 20.4. The van der Waals surface area contributed by atoms with E-state index in [1.54, 1.807) is 0 Å². The van der Waals surface area contributed by atoms with E-state index in [4.69, 9.17) is 21.4 Å². The van der Waals surface area contributed by atoms with E-state index in [0.717, 1.165) is 66.0 Å². The molecule has 316 valence electrons. The van der Waals surface area contributed by atoms with Crippen molar-refractivity contribution in [3.05, 3.63) is 82.6 Å². The molecular formula is C43H59ClN6O8. The van der Waals surface area contributed by atoms with Crippen LogP contribution in [-0.2, 0) is 16.9 Å². The summed E-state index contributed by atoms with van der Waals surface area (Å²) in [5, 5.41) is 57.5. The summed E-state index contributed by atoms with van der Waals surface area (Å²) in [6.45, 7) is 5.20. The van der Waals surface area contributed by atoms with Crippen LogP contribution in [0.5, 0.6) is 5.75 Å². The van der Waals surface area contributed by atoms with Crippen LogP contribution >= 0.6 is 11.6 Å². The molecule has 2 aliphatic carbocycles. The molecule has 3 amide bonds. The Morgan fingerprint density at radius 3 is 2.43 bits per heavy atom. The number of benzene rings is 2. The van der Waals surface area contributed by atoms with Crippen molar-refractivity contribution in [2.24, 2.45) is 0 Å². The summed E-state index contributed by atoms with van der Waals surface area (Å²) in [4.78, 5) is 33.8. The minimum absolute atomic E-state index is 0.147. The van der Waals surface area contributed by atoms with E-state index in [9.17, 15) is 30.0 Å². The molecule has 1 aliphatic heterocycles. The maximum Gasteiger partial charge on any atom is 0.314 e. The fourth-order valence-corrected chi connectivity index (χ4v) is 7.70. The first-order valence-corrected chi connectivity index (χ1v) is 20.9. The van der Waals surface area contributed by atoms with E-state index < -0.39 is 37.1 Å². The van der Waals surface area contributed by atoms with Crippen LogP contribution in [0.3, 0.4) is 0 Å². The highest BCUT2D eigenvalue weighted by Gasteiger charge is 2.46. The van der Waals surface area contributed by atoms with E-state index in [0.29, 0.717) is 58.3 Å². The summed E-state index contributed by atoms with van der Waals surface area (Å²) >= 11 is 6.76. The van der Waals surface area contributed by atoms with Crippen molar-refractivity contribution in [2.75, 3.05) is 52.4 Å². The molecule has 5 unspecified atom stereocenters. The molecule has 3 fully saturated rings. The van der Waals surface area contributed by atoms with Crippen molar-refractivity contribution >= 4 is 23.5 Å². The van der Waals surface area contributed by atoms with Gasteiger partial charge in [0.05, 0.1) is 18.8 Å². The molecule has 6 rings (SSSR count). The van der Waals surface area contributed by atoms with Crippen molar-refractivity contribution < 1.29 is 39.9 Å². The van der Waals surface area contributed by atoms with Crippen molar-refractivity contribution in [1.29, 1.82) is 0 Å². The molecule has 0 bridgehead atoms. The van der Waals surface area contributed by atoms with Crippen LogP contribution in [0.25, 0.3) is 11.1 Å². The number of carbonyl (C=O) groups excluding carboxylic acids is 2. The van der Waals surface area contributed by atoms with Gasteiger partial charge in [0, 0.05) is 87.3 Å². The maximum atomic E-state index is 13.1. The van der Waals surface area contributed by atoms with E-state index in [-0.39, 0.29) is 23.9 Å². The molecule has 1 saturated heterocycles. The lowest BCUT2D eigenvalue weighted by molar-refractivity contribution is -0.133. The molecule has 0 radical (unpaired) electrons. The number of carbonyl (C=O) groups is 2. The standard InChI is InChI=1S/C43H59ClN6O8/c1-28(5-4-8-39(54)50-21-19-49(20-22-50)18-17-46-42(57)47-26-36(52)40(55)41(56)37(53)27-51)29-9-12-35(44)30(23-29)24-48-43(14-15-43)34-25-45-16-13-32(34)33-6-2-3-7-38(33)58-31-10-11-31/h2-3,6-7,9,12-13,16,23,25,28,31,36-37,40-41,48,51-53,55-56H,4-5,8,10-11,14-15,17-22,24,26-27H2,1H3,(H2,46,47,57). The van der Waals surface area contributed by atoms with Gasteiger partial charge in [0.25, 0.3) is 0 Å². The van der Waals surface area contributed by atoms with Gasteiger partial charge in [-0.3, -0.25) is 14.7 Å². The first kappa shape index (κ1) is 43.7. The number of aromatic nitrogens is 1. The number of aliphatic hydroxyl groups excluding tert-OH is 5. The van der Waals surface area contributed by atoms with Crippen molar-refractivity contribution in [3.63, 3.8) is 0 Å². The number of amides is 3. The smallest absolute Gasteiger partial charge is 0.314 e. The van der Waals surface area contributed by atoms with Crippen LogP contribution in [0, 0.1) is 0 Å². The predicted molar refractivity (Wildman–Crippen MR) is 220 cm³/mol. The Bertz CT molecular complexity index is 1820. The number of nitrogens with one attached hydrogen (secondary N) is 3. The summed E-state index contributed by atoms with van der Waals surface area (Å²) in [7, 11) is 0. The Morgan fingerprint density at radius 2 is 1.71 bits per heavy atom. The molecule has 3 aliphatic rings. The SMILES string of the molecule is CC(CCCC(=O)N1CCN(CCNC(=O)NCC(O)C(O)C(O)C(O)CO)CC1)c1ccc(Cl)c(CNC2(c3cnccc3-c3ccccc3OC3CC3)CC2)c1. The lowest BCUT2D eigenvalue weighted by Crippen LogP contribution is -2.52. The van der Waals surface area contributed by atoms with Crippen LogP contribution in [0.15, 0.2) is 60.9 Å². The number of aliphatic hydroxyl groups is 5. The zero-order chi connectivity index (χ0) is 41.2. The third-order valence-electron chi connectivity index (χ3n) is 11.6. The molecule has 15 heteroatoms. The Balaban J connectivity index is 0.903. The Labute approximate surface area is 345 Å². The molecule has 1 aromatic heterocycles. The van der Waals surface area contributed by atoms with E-state index in [1.165, 1.54) is 11.1 Å². The zero-order valence-electron chi connectivity index (χ0n) is 33.2. The highest BCUT2D eigenvalue weighted by molar-refractivity contribution is 6.31. The largest absolute Gasteiger partial charge is 0.490 e. The van der Waals surface area contributed by atoms with Gasteiger partial charge in [0.1, 0.15) is 24.1 Å². The monoisotopic (exact) mass is 822 g/mol. The van der Waals surface area contributed by atoms with Gasteiger partial charge >= 0.3 is 6.03 Å². The van der Waals surface area contributed by atoms with Gasteiger partial charge in [0.15, 0.2) is 0 Å². The first-order valence-electron chi connectivity index (χ1n) is 20.6. The number of piperazine rings is 1. The van der Waals surface area contributed by atoms with Gasteiger partial charge in [0.2, 0.25) is 5.91 Å². The fraction of sp³-hybridized carbons (Fsp3) is 0.558. The van der Waals surface area contributed by atoms with E-state index >= 15 is 0 Å². The zero-order valence-corrected chi connectivity index (χ0v) is 34.0. The highest BCUT2D eigenvalue weighted by atomic mass is 35.5. The lowest BCUT2D eigenvalue weighted by atomic mass is 9.93. The van der Waals surface area contributed by atoms with E-state index in [2.05, 4.69) is 69.2 Å². The topological polar surface area (TPSA) is 200 Å². The summed E-state index contributed by atoms with van der Waals surface area (Å²) in [6, 6.07) is 16.1. The predicted octanol–water partition coefficient (Wildman–Crippen LogP) is 2.88. The molecule has 5 atom stereocenters. The third kappa shape index (κ3) is 11.7. The summed E-state index contributed by atoms with van der Waals surface area (Å²) in [5.41, 5.74) is 5.50. The highest BCUT2D eigenvalue weighted by Crippen LogP contribution is 2.50. The van der Waals surface area contributed by atoms with Gasteiger partial charge < -0.3 is 51.1 Å². The lowest BCUT2D eigenvalue weighted by Gasteiger charge is -2.34. The second-order valence-corrected chi connectivity index (χ2v) is 16.4. The molecule has 3 aromatic rings. The van der Waals surface area contributed by atoms with Crippen LogP contribution in [0.1, 0.15) is 74.5 Å². The van der Waals surface area contributed by atoms with Gasteiger partial charge in [-0.05, 0) is 84.9 Å². The normalized spacial score (nSPS) is 19.1. The molecule has 0 spiro atoms. The van der Waals surface area contributed by atoms with Crippen LogP contribution < -0.4 is 20.7 Å². The van der Waals surface area contributed by atoms with Gasteiger partial charge in [-0.25, -0.2) is 4.79 Å². The number of halogens is 1. The molecule has 14 nitrogen and oxygen atoms in total. The number of hydrogen-bond acceptors (Lipinski definition) is 11. The first-order chi connectivity index (χ1) is 28.0. The molecule has 2 heterocycles. The van der Waals surface area contributed by atoms with E-state index in [1.807, 2.05) is 29.4 Å². The molecule has 2 aromatic carbocycles. The third-order valence-corrected chi connectivity index (χ3v) is 12.0. The van der Waals surface area contributed by atoms with Gasteiger partial charge in [-0.15, -0.1) is 0 Å². The summed E-state index contributed by atoms with van der Waals surface area (Å²) < 4.78 is 6.28. The number of nitrogens with zero attached hydrogens (tertiary/aromatic N) is 3. The number of urea groups is 1. The second-order valence-electron chi connectivity index (χ2n) is 16.0. The molecular weight excluding hydrogens is 764 g/mol. The summed E-state index contributed by atoms with van der Waals surface area (Å²) in [6.07, 6.45) is 3.87. The minimum atomic E-state index is -1.76. The minimum Gasteiger partial charge on any atom is -0.490 e.